The van der Waals surface area contributed by atoms with Crippen LogP contribution in [0, 0.1) is 6.92 Å². The minimum absolute atomic E-state index is 0.0570. The van der Waals surface area contributed by atoms with Gasteiger partial charge in [-0.25, -0.2) is 4.68 Å². The summed E-state index contributed by atoms with van der Waals surface area (Å²) in [5.74, 6) is -0.124. The SMILES string of the molecule is C=CCN(Cc1cccs1)C(=O)CSCC(=O)Nc1c(C)n(C)n(-c2ccccc2)c1=O. The maximum Gasteiger partial charge on any atom is 0.295 e. The van der Waals surface area contributed by atoms with Crippen LogP contribution >= 0.6 is 23.1 Å². The van der Waals surface area contributed by atoms with Crippen LogP contribution in [0.5, 0.6) is 0 Å². The van der Waals surface area contributed by atoms with Crippen LogP contribution in [-0.4, -0.2) is 44.1 Å². The van der Waals surface area contributed by atoms with Crippen LogP contribution in [0.2, 0.25) is 0 Å². The number of thioether (sulfide) groups is 1. The fraction of sp³-hybridized carbons (Fsp3) is 0.261. The molecule has 2 aromatic heterocycles. The molecule has 7 nitrogen and oxygen atoms in total. The van der Waals surface area contributed by atoms with Crippen molar-refractivity contribution in [3.05, 3.63) is 81.4 Å². The molecule has 3 rings (SSSR count). The van der Waals surface area contributed by atoms with Gasteiger partial charge in [-0.2, -0.15) is 0 Å². The third kappa shape index (κ3) is 5.60. The first-order valence-corrected chi connectivity index (χ1v) is 12.1. The second kappa shape index (κ2) is 11.0. The molecule has 0 bridgehead atoms. The van der Waals surface area contributed by atoms with Gasteiger partial charge in [-0.3, -0.25) is 19.1 Å². The zero-order chi connectivity index (χ0) is 23.1. The zero-order valence-corrected chi connectivity index (χ0v) is 19.7. The molecule has 0 fully saturated rings. The number of aromatic nitrogens is 2. The lowest BCUT2D eigenvalue weighted by atomic mass is 10.3. The summed E-state index contributed by atoms with van der Waals surface area (Å²) in [7, 11) is 1.77. The van der Waals surface area contributed by atoms with E-state index < -0.39 is 0 Å². The normalized spacial score (nSPS) is 10.7. The Balaban J connectivity index is 1.59. The zero-order valence-electron chi connectivity index (χ0n) is 18.1. The number of carbonyl (C=O) groups excluding carboxylic acids is 2. The quantitative estimate of drug-likeness (QED) is 0.461. The van der Waals surface area contributed by atoms with E-state index in [1.807, 2.05) is 47.8 Å². The summed E-state index contributed by atoms with van der Waals surface area (Å²) >= 11 is 2.82. The van der Waals surface area contributed by atoms with Crippen LogP contribution < -0.4 is 10.9 Å². The van der Waals surface area contributed by atoms with Crippen molar-refractivity contribution in [2.45, 2.75) is 13.5 Å². The summed E-state index contributed by atoms with van der Waals surface area (Å²) in [5, 5.41) is 4.70. The van der Waals surface area contributed by atoms with Gasteiger partial charge in [-0.15, -0.1) is 29.7 Å². The number of thiophene rings is 1. The van der Waals surface area contributed by atoms with Gasteiger partial charge in [0.2, 0.25) is 11.8 Å². The first-order valence-electron chi connectivity index (χ1n) is 10.0. The van der Waals surface area contributed by atoms with Crippen LogP contribution in [0.3, 0.4) is 0 Å². The van der Waals surface area contributed by atoms with Gasteiger partial charge in [0, 0.05) is 18.5 Å². The molecule has 0 aliphatic heterocycles. The number of benzene rings is 1. The minimum Gasteiger partial charge on any atom is -0.333 e. The number of carbonyl (C=O) groups is 2. The molecule has 1 N–H and O–H groups in total. The Morgan fingerprint density at radius 2 is 1.94 bits per heavy atom. The van der Waals surface area contributed by atoms with E-state index in [2.05, 4.69) is 11.9 Å². The number of hydrogen-bond donors (Lipinski definition) is 1. The van der Waals surface area contributed by atoms with Gasteiger partial charge in [0.05, 0.1) is 29.4 Å². The van der Waals surface area contributed by atoms with Crippen LogP contribution in [0.4, 0.5) is 5.69 Å². The summed E-state index contributed by atoms with van der Waals surface area (Å²) in [6.45, 7) is 6.48. The highest BCUT2D eigenvalue weighted by molar-refractivity contribution is 8.00. The molecule has 32 heavy (non-hydrogen) atoms. The second-order valence-corrected chi connectivity index (χ2v) is 9.14. The number of nitrogens with zero attached hydrogens (tertiary/aromatic N) is 3. The second-order valence-electron chi connectivity index (χ2n) is 7.12. The van der Waals surface area contributed by atoms with E-state index in [-0.39, 0.29) is 34.6 Å². The van der Waals surface area contributed by atoms with E-state index in [0.717, 1.165) is 10.6 Å². The van der Waals surface area contributed by atoms with Crippen molar-refractivity contribution >= 4 is 40.6 Å². The van der Waals surface area contributed by atoms with Crippen molar-refractivity contribution in [3.8, 4) is 5.69 Å². The molecule has 0 aliphatic rings. The molecule has 1 aromatic carbocycles. The molecule has 3 aromatic rings. The summed E-state index contributed by atoms with van der Waals surface area (Å²) < 4.78 is 3.22. The predicted molar refractivity (Wildman–Crippen MR) is 132 cm³/mol. The van der Waals surface area contributed by atoms with E-state index in [1.54, 1.807) is 41.0 Å². The van der Waals surface area contributed by atoms with Crippen molar-refractivity contribution in [1.29, 1.82) is 0 Å². The minimum atomic E-state index is -0.317. The van der Waals surface area contributed by atoms with Gasteiger partial charge >= 0.3 is 0 Å². The summed E-state index contributed by atoms with van der Waals surface area (Å²) in [6.07, 6.45) is 1.69. The molecule has 2 amide bonds. The summed E-state index contributed by atoms with van der Waals surface area (Å²) in [5.41, 5.74) is 1.33. The highest BCUT2D eigenvalue weighted by atomic mass is 32.2. The number of rotatable bonds is 10. The molecule has 168 valence electrons. The standard InChI is InChI=1S/C23H26N4O3S2/c1-4-12-26(14-19-11-8-13-32-19)21(29)16-31-15-20(28)24-22-17(2)25(3)27(23(22)30)18-9-6-5-7-10-18/h4-11,13H,1,12,14-16H2,2-3H3,(H,24,28). The highest BCUT2D eigenvalue weighted by Gasteiger charge is 2.19. The predicted octanol–water partition coefficient (Wildman–Crippen LogP) is 3.43. The van der Waals surface area contributed by atoms with Crippen molar-refractivity contribution in [2.75, 3.05) is 23.4 Å². The molecular weight excluding hydrogens is 444 g/mol. The third-order valence-corrected chi connectivity index (χ3v) is 6.68. The Morgan fingerprint density at radius 1 is 1.19 bits per heavy atom. The lowest BCUT2D eigenvalue weighted by Gasteiger charge is -2.20. The van der Waals surface area contributed by atoms with Crippen LogP contribution in [0.15, 0.2) is 65.3 Å². The van der Waals surface area contributed by atoms with Crippen LogP contribution in [0.1, 0.15) is 10.6 Å². The van der Waals surface area contributed by atoms with Gasteiger partial charge in [0.25, 0.3) is 5.56 Å². The molecule has 2 heterocycles. The monoisotopic (exact) mass is 470 g/mol. The fourth-order valence-corrected chi connectivity index (χ4v) is 4.65. The lowest BCUT2D eigenvalue weighted by molar-refractivity contribution is -0.128. The van der Waals surface area contributed by atoms with E-state index in [4.69, 9.17) is 0 Å². The summed E-state index contributed by atoms with van der Waals surface area (Å²) in [6, 6.07) is 13.2. The Morgan fingerprint density at radius 3 is 2.59 bits per heavy atom. The fourth-order valence-electron chi connectivity index (χ4n) is 3.21. The molecule has 0 unspecified atom stereocenters. The molecule has 0 aliphatic carbocycles. The van der Waals surface area contributed by atoms with Crippen LogP contribution in [-0.2, 0) is 23.2 Å². The number of nitrogens with one attached hydrogen (secondary N) is 1. The van der Waals surface area contributed by atoms with Gasteiger partial charge in [0.1, 0.15) is 5.69 Å². The van der Waals surface area contributed by atoms with E-state index >= 15 is 0 Å². The average molecular weight is 471 g/mol. The molecular formula is C23H26N4O3S2. The van der Waals surface area contributed by atoms with Gasteiger partial charge in [-0.1, -0.05) is 30.3 Å². The molecule has 0 radical (unpaired) electrons. The lowest BCUT2D eigenvalue weighted by Crippen LogP contribution is -2.32. The molecule has 0 atom stereocenters. The number of hydrogen-bond acceptors (Lipinski definition) is 5. The Hall–Kier alpha value is -3.04. The van der Waals surface area contributed by atoms with Gasteiger partial charge in [0.15, 0.2) is 0 Å². The number of para-hydroxylation sites is 1. The molecule has 0 saturated heterocycles. The Kier molecular flexibility index (Phi) is 8.13. The largest absolute Gasteiger partial charge is 0.333 e. The highest BCUT2D eigenvalue weighted by Crippen LogP contribution is 2.16. The third-order valence-electron chi connectivity index (χ3n) is 4.91. The van der Waals surface area contributed by atoms with Crippen molar-refractivity contribution in [1.82, 2.24) is 14.3 Å². The number of anilines is 1. The van der Waals surface area contributed by atoms with Crippen molar-refractivity contribution in [3.63, 3.8) is 0 Å². The van der Waals surface area contributed by atoms with Gasteiger partial charge < -0.3 is 10.2 Å². The van der Waals surface area contributed by atoms with E-state index in [1.165, 1.54) is 16.4 Å². The Labute approximate surface area is 195 Å². The molecule has 0 spiro atoms. The topological polar surface area (TPSA) is 76.3 Å². The first kappa shape index (κ1) is 23.6. The van der Waals surface area contributed by atoms with Crippen LogP contribution in [0.25, 0.3) is 5.69 Å². The van der Waals surface area contributed by atoms with Crippen molar-refractivity contribution < 1.29 is 9.59 Å². The molecule has 9 heteroatoms. The van der Waals surface area contributed by atoms with E-state index in [0.29, 0.717) is 18.8 Å². The number of amides is 2. The first-order chi connectivity index (χ1) is 15.4. The summed E-state index contributed by atoms with van der Waals surface area (Å²) in [4.78, 5) is 40.8. The van der Waals surface area contributed by atoms with Gasteiger partial charge in [-0.05, 0) is 30.5 Å². The molecule has 0 saturated carbocycles. The average Bonchev–Trinajstić information content (AvgIpc) is 3.37. The van der Waals surface area contributed by atoms with E-state index in [9.17, 15) is 14.4 Å². The maximum atomic E-state index is 12.9. The maximum absolute atomic E-state index is 12.9. The Bertz CT molecular complexity index is 1130. The van der Waals surface area contributed by atoms with Crippen molar-refractivity contribution in [2.24, 2.45) is 7.05 Å². The smallest absolute Gasteiger partial charge is 0.295 e.